The Morgan fingerprint density at radius 2 is 2.05 bits per heavy atom. The zero-order valence-corrected chi connectivity index (χ0v) is 12.6. The number of carbonyl (C=O) groups excluding carboxylic acids is 1. The van der Waals surface area contributed by atoms with Crippen molar-refractivity contribution < 1.29 is 19.4 Å². The number of hydrogen-bond donors (Lipinski definition) is 2. The Morgan fingerprint density at radius 1 is 1.33 bits per heavy atom. The highest BCUT2D eigenvalue weighted by Crippen LogP contribution is 2.24. The van der Waals surface area contributed by atoms with Crippen molar-refractivity contribution in [2.24, 2.45) is 0 Å². The van der Waals surface area contributed by atoms with Gasteiger partial charge in [0.15, 0.2) is 0 Å². The molecule has 0 spiro atoms. The first kappa shape index (κ1) is 15.0. The largest absolute Gasteiger partial charge is 0.497 e. The predicted molar refractivity (Wildman–Crippen MR) is 79.5 cm³/mol. The molecule has 0 unspecified atom stereocenters. The van der Waals surface area contributed by atoms with Crippen LogP contribution in [0.25, 0.3) is 0 Å². The van der Waals surface area contributed by atoms with E-state index in [4.69, 9.17) is 4.74 Å². The third-order valence-corrected chi connectivity index (χ3v) is 3.89. The number of aryl methyl sites for hydroxylation is 2. The molecule has 1 aromatic carbocycles. The van der Waals surface area contributed by atoms with Crippen molar-refractivity contribution in [1.82, 2.24) is 4.98 Å². The van der Waals surface area contributed by atoms with Crippen molar-refractivity contribution in [2.75, 3.05) is 12.4 Å². The van der Waals surface area contributed by atoms with E-state index in [1.807, 2.05) is 6.92 Å². The van der Waals surface area contributed by atoms with E-state index < -0.39 is 5.97 Å². The molecule has 1 aromatic heterocycles. The molecule has 7 heteroatoms. The minimum Gasteiger partial charge on any atom is -0.497 e. The van der Waals surface area contributed by atoms with Gasteiger partial charge < -0.3 is 15.2 Å². The molecule has 21 heavy (non-hydrogen) atoms. The Morgan fingerprint density at radius 3 is 2.57 bits per heavy atom. The van der Waals surface area contributed by atoms with Crippen LogP contribution in [-0.2, 0) is 0 Å². The number of hydrogen-bond acceptors (Lipinski definition) is 5. The summed E-state index contributed by atoms with van der Waals surface area (Å²) in [5, 5.41) is 12.6. The maximum Gasteiger partial charge on any atom is 0.337 e. The standard InChI is InChI=1S/C14H14N2O4S/c1-7-12(21-8(2)15-7)13(17)16-11-5-4-9(20-3)6-10(11)14(18)19/h4-6H,1-3H3,(H,16,17)(H,18,19). The highest BCUT2D eigenvalue weighted by molar-refractivity contribution is 7.13. The SMILES string of the molecule is COc1ccc(NC(=O)c2sc(C)nc2C)c(C(=O)O)c1. The molecule has 2 rings (SSSR count). The minimum absolute atomic E-state index is 0.0263. The smallest absolute Gasteiger partial charge is 0.337 e. The molecule has 0 aliphatic heterocycles. The number of amides is 1. The van der Waals surface area contributed by atoms with Gasteiger partial charge in [-0.25, -0.2) is 9.78 Å². The first-order valence-electron chi connectivity index (χ1n) is 6.09. The maximum absolute atomic E-state index is 12.2. The summed E-state index contributed by atoms with van der Waals surface area (Å²) < 4.78 is 4.99. The van der Waals surface area contributed by atoms with E-state index in [-0.39, 0.29) is 17.2 Å². The lowest BCUT2D eigenvalue weighted by atomic mass is 10.1. The van der Waals surface area contributed by atoms with E-state index >= 15 is 0 Å². The van der Waals surface area contributed by atoms with Crippen LogP contribution in [0.3, 0.4) is 0 Å². The number of carboxylic acid groups (broad SMARTS) is 1. The monoisotopic (exact) mass is 306 g/mol. The lowest BCUT2D eigenvalue weighted by Crippen LogP contribution is -2.14. The van der Waals surface area contributed by atoms with Crippen LogP contribution >= 0.6 is 11.3 Å². The van der Waals surface area contributed by atoms with E-state index in [9.17, 15) is 14.7 Å². The fourth-order valence-electron chi connectivity index (χ4n) is 1.86. The number of aromatic nitrogens is 1. The van der Waals surface area contributed by atoms with Gasteiger partial charge in [0.1, 0.15) is 10.6 Å². The van der Waals surface area contributed by atoms with Gasteiger partial charge in [0.05, 0.1) is 29.1 Å². The van der Waals surface area contributed by atoms with Crippen LogP contribution in [0.5, 0.6) is 5.75 Å². The topological polar surface area (TPSA) is 88.5 Å². The van der Waals surface area contributed by atoms with Gasteiger partial charge in [-0.2, -0.15) is 0 Å². The molecule has 0 saturated carbocycles. The highest BCUT2D eigenvalue weighted by Gasteiger charge is 2.18. The molecule has 110 valence electrons. The van der Waals surface area contributed by atoms with Gasteiger partial charge in [-0.15, -0.1) is 11.3 Å². The van der Waals surface area contributed by atoms with E-state index in [0.717, 1.165) is 5.01 Å². The Bertz CT molecular complexity index is 709. The molecular weight excluding hydrogens is 292 g/mol. The van der Waals surface area contributed by atoms with Gasteiger partial charge >= 0.3 is 5.97 Å². The van der Waals surface area contributed by atoms with Gasteiger partial charge in [-0.05, 0) is 32.0 Å². The summed E-state index contributed by atoms with van der Waals surface area (Å²) in [6.45, 7) is 3.55. The summed E-state index contributed by atoms with van der Waals surface area (Å²) in [5.74, 6) is -1.10. The molecule has 1 heterocycles. The number of aromatic carboxylic acids is 1. The lowest BCUT2D eigenvalue weighted by Gasteiger charge is -2.09. The van der Waals surface area contributed by atoms with Crippen molar-refractivity contribution in [3.8, 4) is 5.75 Å². The number of methoxy groups -OCH3 is 1. The predicted octanol–water partition coefficient (Wildman–Crippen LogP) is 2.72. The number of carbonyl (C=O) groups is 2. The average molecular weight is 306 g/mol. The lowest BCUT2D eigenvalue weighted by molar-refractivity contribution is 0.0697. The number of nitrogens with one attached hydrogen (secondary N) is 1. The van der Waals surface area contributed by atoms with Crippen LogP contribution in [-0.4, -0.2) is 29.1 Å². The molecule has 0 aliphatic carbocycles. The quantitative estimate of drug-likeness (QED) is 0.906. The van der Waals surface area contributed by atoms with E-state index in [1.54, 1.807) is 13.0 Å². The maximum atomic E-state index is 12.2. The second-order valence-electron chi connectivity index (χ2n) is 4.32. The third-order valence-electron chi connectivity index (χ3n) is 2.82. The Hall–Kier alpha value is -2.41. The van der Waals surface area contributed by atoms with Gasteiger partial charge in [0, 0.05) is 0 Å². The summed E-state index contributed by atoms with van der Waals surface area (Å²) >= 11 is 1.27. The Kier molecular flexibility index (Phi) is 4.23. The van der Waals surface area contributed by atoms with Crippen LogP contribution in [0.15, 0.2) is 18.2 Å². The van der Waals surface area contributed by atoms with E-state index in [2.05, 4.69) is 10.3 Å². The van der Waals surface area contributed by atoms with Crippen molar-refractivity contribution in [1.29, 1.82) is 0 Å². The molecular formula is C14H14N2O4S. The van der Waals surface area contributed by atoms with Crippen molar-refractivity contribution in [3.05, 3.63) is 39.3 Å². The van der Waals surface area contributed by atoms with Crippen LogP contribution in [0, 0.1) is 13.8 Å². The van der Waals surface area contributed by atoms with Gasteiger partial charge in [-0.3, -0.25) is 4.79 Å². The van der Waals surface area contributed by atoms with Gasteiger partial charge in [-0.1, -0.05) is 0 Å². The molecule has 0 saturated heterocycles. The molecule has 0 fully saturated rings. The van der Waals surface area contributed by atoms with Crippen LogP contribution in [0.2, 0.25) is 0 Å². The number of rotatable bonds is 4. The van der Waals surface area contributed by atoms with E-state index in [1.165, 1.54) is 30.6 Å². The summed E-state index contributed by atoms with van der Waals surface area (Å²) in [7, 11) is 1.45. The average Bonchev–Trinajstić information content (AvgIpc) is 2.78. The number of anilines is 1. The van der Waals surface area contributed by atoms with Crippen molar-refractivity contribution >= 4 is 28.9 Å². The normalized spacial score (nSPS) is 10.2. The number of benzene rings is 1. The van der Waals surface area contributed by atoms with Gasteiger partial charge in [0.25, 0.3) is 5.91 Å². The number of ether oxygens (including phenoxy) is 1. The molecule has 6 nitrogen and oxygen atoms in total. The van der Waals surface area contributed by atoms with Crippen molar-refractivity contribution in [3.63, 3.8) is 0 Å². The van der Waals surface area contributed by atoms with Gasteiger partial charge in [0.2, 0.25) is 0 Å². The Balaban J connectivity index is 2.33. The summed E-state index contributed by atoms with van der Waals surface area (Å²) in [6.07, 6.45) is 0. The number of nitrogens with zero attached hydrogens (tertiary/aromatic N) is 1. The van der Waals surface area contributed by atoms with E-state index in [0.29, 0.717) is 16.3 Å². The summed E-state index contributed by atoms with van der Waals surface area (Å²) in [5.41, 5.74) is 0.820. The van der Waals surface area contributed by atoms with Crippen LogP contribution in [0.4, 0.5) is 5.69 Å². The fourth-order valence-corrected chi connectivity index (χ4v) is 2.67. The highest BCUT2D eigenvalue weighted by atomic mass is 32.1. The van der Waals surface area contributed by atoms with Crippen molar-refractivity contribution in [2.45, 2.75) is 13.8 Å². The molecule has 1 amide bonds. The van der Waals surface area contributed by atoms with Crippen LogP contribution < -0.4 is 10.1 Å². The molecule has 2 aromatic rings. The first-order chi connectivity index (χ1) is 9.92. The summed E-state index contributed by atoms with van der Waals surface area (Å²) in [6, 6.07) is 4.46. The minimum atomic E-state index is -1.14. The second kappa shape index (κ2) is 5.92. The fraction of sp³-hybridized carbons (Fsp3) is 0.214. The zero-order valence-electron chi connectivity index (χ0n) is 11.8. The van der Waals surface area contributed by atoms with Crippen LogP contribution in [0.1, 0.15) is 30.7 Å². The summed E-state index contributed by atoms with van der Waals surface area (Å²) in [4.78, 5) is 28.1. The zero-order chi connectivity index (χ0) is 15.6. The molecule has 2 N–H and O–H groups in total. The number of carboxylic acids is 1. The Labute approximate surface area is 125 Å². The molecule has 0 radical (unpaired) electrons. The number of thiazole rings is 1. The third kappa shape index (κ3) is 3.19. The molecule has 0 aliphatic rings. The molecule has 0 atom stereocenters. The first-order valence-corrected chi connectivity index (χ1v) is 6.90. The molecule has 0 bridgehead atoms. The second-order valence-corrected chi connectivity index (χ2v) is 5.52.